The van der Waals surface area contributed by atoms with Gasteiger partial charge in [0.05, 0.1) is 21.4 Å². The van der Waals surface area contributed by atoms with Gasteiger partial charge in [-0.3, -0.25) is 14.4 Å². The molecule has 4 aromatic carbocycles. The molecule has 0 spiro atoms. The maximum Gasteiger partial charge on any atom is 0.363 e. The van der Waals surface area contributed by atoms with Crippen molar-refractivity contribution in [3.63, 3.8) is 0 Å². The van der Waals surface area contributed by atoms with Crippen LogP contribution in [0.1, 0.15) is 54.2 Å². The van der Waals surface area contributed by atoms with Crippen molar-refractivity contribution in [1.29, 1.82) is 0 Å². The predicted molar refractivity (Wildman–Crippen MR) is 278 cm³/mol. The summed E-state index contributed by atoms with van der Waals surface area (Å²) in [6, 6.07) is 14.9. The van der Waals surface area contributed by atoms with Crippen molar-refractivity contribution in [3.8, 4) is 17.2 Å². The Bertz CT molecular complexity index is 2580. The Morgan fingerprint density at radius 1 is 0.429 bits per heavy atom. The topological polar surface area (TPSA) is 195 Å². The molecule has 7 rings (SSSR count). The van der Waals surface area contributed by atoms with E-state index in [0.29, 0.717) is 55.4 Å². The number of nitrogens with zero attached hydrogens (tertiary/aromatic N) is 3. The molecule has 0 radical (unpaired) electrons. The van der Waals surface area contributed by atoms with Crippen molar-refractivity contribution in [2.24, 2.45) is 15.0 Å². The molecule has 15 nitrogen and oxygen atoms in total. The van der Waals surface area contributed by atoms with Gasteiger partial charge in [-0.15, -0.1) is 0 Å². The van der Waals surface area contributed by atoms with Crippen molar-refractivity contribution in [1.82, 2.24) is 0 Å². The van der Waals surface area contributed by atoms with Crippen molar-refractivity contribution < 1.29 is 57.2 Å². The number of ether oxygens (including phenoxy) is 6. The molecule has 0 unspecified atom stereocenters. The number of carbonyl (C=O) groups is 6. The lowest BCUT2D eigenvalue weighted by Crippen LogP contribution is -2.13. The van der Waals surface area contributed by atoms with Crippen LogP contribution < -0.4 is 14.2 Å². The van der Waals surface area contributed by atoms with E-state index in [-0.39, 0.29) is 51.5 Å². The van der Waals surface area contributed by atoms with E-state index in [9.17, 15) is 28.8 Å². The SMILES string of the molecule is CC(=O)Oc1c(I)cc(/C=C2\N=C(c3cc(C4=N/C(=C/c5cc(I)c(OC(C)=O)c(I)c5)C(=O)O4)cc(C4=N/C(=C/c5cc(I)c(OC(C)=O)c(I)c5)C(=O)O4)c3)OC2=O)cc1I. The number of halogens is 6. The third-order valence-electron chi connectivity index (χ3n) is 8.24. The van der Waals surface area contributed by atoms with E-state index >= 15 is 0 Å². The normalized spacial score (nSPS) is 16.4. The molecule has 0 fully saturated rings. The number of esters is 6. The highest BCUT2D eigenvalue weighted by atomic mass is 127. The van der Waals surface area contributed by atoms with Crippen LogP contribution in [0.15, 0.2) is 86.7 Å². The molecule has 3 aliphatic rings. The summed E-state index contributed by atoms with van der Waals surface area (Å²) in [6.45, 7) is 3.91. The van der Waals surface area contributed by atoms with E-state index in [0.717, 1.165) is 0 Å². The molecule has 0 N–H and O–H groups in total. The van der Waals surface area contributed by atoms with E-state index < -0.39 is 35.8 Å². The summed E-state index contributed by atoms with van der Waals surface area (Å²) in [7, 11) is 0. The molecule has 0 aromatic heterocycles. The molecule has 3 heterocycles. The molecule has 21 heteroatoms. The van der Waals surface area contributed by atoms with E-state index in [1.54, 1.807) is 36.4 Å². The maximum absolute atomic E-state index is 13.3. The summed E-state index contributed by atoms with van der Waals surface area (Å²) in [5.74, 6) is -2.90. The molecule has 0 saturated heterocycles. The lowest BCUT2D eigenvalue weighted by molar-refractivity contribution is -0.132. The van der Waals surface area contributed by atoms with Gasteiger partial charge in [-0.05, 0) is 225 Å². The summed E-state index contributed by atoms with van der Waals surface area (Å²) in [5, 5.41) is 0. The second-order valence-corrected chi connectivity index (χ2v) is 20.0. The van der Waals surface area contributed by atoms with Crippen LogP contribution in [0.5, 0.6) is 17.2 Å². The van der Waals surface area contributed by atoms with E-state index in [2.05, 4.69) is 15.0 Å². The molecule has 0 atom stereocenters. The van der Waals surface area contributed by atoms with E-state index in [1.165, 1.54) is 57.2 Å². The maximum atomic E-state index is 13.3. The van der Waals surface area contributed by atoms with Gasteiger partial charge in [0, 0.05) is 37.5 Å². The van der Waals surface area contributed by atoms with Gasteiger partial charge in [-0.25, -0.2) is 29.4 Å². The summed E-state index contributed by atoms with van der Waals surface area (Å²) in [4.78, 5) is 88.1. The lowest BCUT2D eigenvalue weighted by Gasteiger charge is -2.08. The van der Waals surface area contributed by atoms with Crippen LogP contribution in [-0.4, -0.2) is 53.5 Å². The predicted octanol–water partition coefficient (Wildman–Crippen LogP) is 9.12. The Labute approximate surface area is 438 Å². The number of benzene rings is 4. The van der Waals surface area contributed by atoms with Gasteiger partial charge in [0.25, 0.3) is 0 Å². The third kappa shape index (κ3) is 11.2. The molecule has 4 aromatic rings. The minimum absolute atomic E-state index is 0.0403. The van der Waals surface area contributed by atoms with Gasteiger partial charge in [-0.1, -0.05) is 0 Å². The Morgan fingerprint density at radius 3 is 0.857 bits per heavy atom. The van der Waals surface area contributed by atoms with Gasteiger partial charge in [-0.2, -0.15) is 0 Å². The zero-order chi connectivity index (χ0) is 45.4. The molecular weight excluding hydrogens is 1500 g/mol. The monoisotopic (exact) mass is 1520 g/mol. The van der Waals surface area contributed by atoms with Crippen LogP contribution in [0.4, 0.5) is 0 Å². The number of hydrogen-bond donors (Lipinski definition) is 0. The van der Waals surface area contributed by atoms with Crippen molar-refractivity contribution in [3.05, 3.63) is 126 Å². The summed E-state index contributed by atoms with van der Waals surface area (Å²) < 4.78 is 36.7. The van der Waals surface area contributed by atoms with Crippen LogP contribution in [0, 0.1) is 21.4 Å². The standard InChI is InChI=1S/C42H21I6N3O12/c1-16(52)58-34-25(43)4-19(5-26(34)44)10-31-40(55)61-37(49-31)22-13-23(38-50-32(41(56)62-38)11-20-6-27(45)35(28(46)7-20)59-17(2)53)15-24(14-22)39-51-33(42(57)63-39)12-21-8-29(47)36(30(48)9-21)60-18(3)54/h4-15H,1-3H3/b31-10-,32-11+,33-12+. The fourth-order valence-electron chi connectivity index (χ4n) is 5.78. The number of aliphatic imine (C=N–C) groups is 3. The van der Waals surface area contributed by atoms with Gasteiger partial charge in [0.1, 0.15) is 0 Å². The zero-order valence-electron chi connectivity index (χ0n) is 31.9. The number of hydrogen-bond acceptors (Lipinski definition) is 15. The number of rotatable bonds is 9. The quantitative estimate of drug-likeness (QED) is 0.0508. The molecule has 0 saturated carbocycles. The number of cyclic esters (lactones) is 3. The fourth-order valence-corrected chi connectivity index (χ4v) is 11.9. The van der Waals surface area contributed by atoms with Crippen molar-refractivity contribution >= 4 is 207 Å². The van der Waals surface area contributed by atoms with Crippen LogP contribution in [0.2, 0.25) is 0 Å². The largest absolute Gasteiger partial charge is 0.424 e. The third-order valence-corrected chi connectivity index (χ3v) is 13.1. The zero-order valence-corrected chi connectivity index (χ0v) is 44.9. The van der Waals surface area contributed by atoms with E-state index in [4.69, 9.17) is 28.4 Å². The Kier molecular flexibility index (Phi) is 14.9. The lowest BCUT2D eigenvalue weighted by atomic mass is 10.0. The van der Waals surface area contributed by atoms with Crippen molar-refractivity contribution in [2.45, 2.75) is 20.8 Å². The number of carbonyl (C=O) groups excluding carboxylic acids is 6. The fraction of sp³-hybridized carbons (Fsp3) is 0.0714. The molecular formula is C42H21I6N3O12. The highest BCUT2D eigenvalue weighted by Crippen LogP contribution is 2.34. The molecule has 3 aliphatic heterocycles. The smallest absolute Gasteiger partial charge is 0.363 e. The molecule has 318 valence electrons. The minimum atomic E-state index is -0.760. The molecule has 0 amide bonds. The Morgan fingerprint density at radius 2 is 0.651 bits per heavy atom. The minimum Gasteiger partial charge on any atom is -0.424 e. The van der Waals surface area contributed by atoms with Gasteiger partial charge < -0.3 is 28.4 Å². The van der Waals surface area contributed by atoms with Gasteiger partial charge in [0.15, 0.2) is 34.3 Å². The first-order valence-electron chi connectivity index (χ1n) is 17.6. The first-order chi connectivity index (χ1) is 29.8. The molecule has 0 bridgehead atoms. The summed E-state index contributed by atoms with van der Waals surface area (Å²) in [5.41, 5.74) is 2.29. The average Bonchev–Trinajstić information content (AvgIpc) is 3.87. The van der Waals surface area contributed by atoms with Crippen LogP contribution in [0.25, 0.3) is 18.2 Å². The highest BCUT2D eigenvalue weighted by molar-refractivity contribution is 14.1. The Balaban J connectivity index is 1.30. The molecule has 63 heavy (non-hydrogen) atoms. The highest BCUT2D eigenvalue weighted by Gasteiger charge is 2.31. The average molecular weight is 1520 g/mol. The first-order valence-corrected chi connectivity index (χ1v) is 24.1. The van der Waals surface area contributed by atoms with Crippen LogP contribution in [-0.2, 0) is 43.0 Å². The van der Waals surface area contributed by atoms with Crippen LogP contribution >= 0.6 is 136 Å². The first kappa shape index (κ1) is 47.3. The van der Waals surface area contributed by atoms with Gasteiger partial charge in [0.2, 0.25) is 17.7 Å². The second kappa shape index (κ2) is 19.8. The van der Waals surface area contributed by atoms with Gasteiger partial charge >= 0.3 is 35.8 Å². The second-order valence-electron chi connectivity index (χ2n) is 13.0. The molecule has 0 aliphatic carbocycles. The Hall–Kier alpha value is -3.69. The van der Waals surface area contributed by atoms with Crippen molar-refractivity contribution in [2.75, 3.05) is 0 Å². The summed E-state index contributed by atoms with van der Waals surface area (Å²) >= 11 is 12.2. The van der Waals surface area contributed by atoms with Crippen LogP contribution in [0.3, 0.4) is 0 Å². The summed E-state index contributed by atoms with van der Waals surface area (Å²) in [6.07, 6.45) is 4.55. The van der Waals surface area contributed by atoms with E-state index in [1.807, 2.05) is 136 Å².